The van der Waals surface area contributed by atoms with Gasteiger partial charge in [0.15, 0.2) is 0 Å². The summed E-state index contributed by atoms with van der Waals surface area (Å²) in [6, 6.07) is 10.9. The molecule has 2 bridgehead atoms. The van der Waals surface area contributed by atoms with Gasteiger partial charge in [0.1, 0.15) is 0 Å². The second kappa shape index (κ2) is 2.98. The number of rotatable bonds is 2. The molecule has 0 heterocycles. The van der Waals surface area contributed by atoms with Crippen LogP contribution in [0.25, 0.3) is 0 Å². The van der Waals surface area contributed by atoms with Crippen LogP contribution in [0.5, 0.6) is 0 Å². The molecule has 1 aromatic carbocycles. The summed E-state index contributed by atoms with van der Waals surface area (Å²) in [5, 5.41) is 0. The average Bonchev–Trinajstić information content (AvgIpc) is 2.78. The third-order valence-electron chi connectivity index (χ3n) is 3.80. The van der Waals surface area contributed by atoms with Gasteiger partial charge in [0.2, 0.25) is 0 Å². The van der Waals surface area contributed by atoms with Gasteiger partial charge in [-0.2, -0.15) is 0 Å². The molecule has 2 unspecified atom stereocenters. The molecule has 3 rings (SSSR count). The summed E-state index contributed by atoms with van der Waals surface area (Å²) in [4.78, 5) is 0. The minimum absolute atomic E-state index is 0.534. The molecular formula is C14H16. The monoisotopic (exact) mass is 184 g/mol. The maximum atomic E-state index is 2.48. The molecule has 0 aliphatic heterocycles. The fraction of sp³-hybridized carbons (Fsp3) is 0.429. The standard InChI is InChI=1S/C14H16/c1-2-4-12(5-3-1)10-14-8-6-13(11-14)7-9-14/h1-6,8,13H,7,9-11H2. The third-order valence-corrected chi connectivity index (χ3v) is 3.80. The molecule has 2 aliphatic rings. The van der Waals surface area contributed by atoms with E-state index in [1.807, 2.05) is 0 Å². The highest BCUT2D eigenvalue weighted by Gasteiger charge is 2.40. The lowest BCUT2D eigenvalue weighted by Crippen LogP contribution is -2.14. The van der Waals surface area contributed by atoms with Crippen LogP contribution in [0.15, 0.2) is 42.5 Å². The van der Waals surface area contributed by atoms with Crippen molar-refractivity contribution in [2.45, 2.75) is 25.7 Å². The molecule has 0 saturated heterocycles. The second-order valence-electron chi connectivity index (χ2n) is 4.89. The van der Waals surface area contributed by atoms with Crippen molar-refractivity contribution in [1.82, 2.24) is 0 Å². The predicted octanol–water partition coefficient (Wildman–Crippen LogP) is 3.59. The van der Waals surface area contributed by atoms with Crippen LogP contribution < -0.4 is 0 Å². The van der Waals surface area contributed by atoms with Gasteiger partial charge in [-0.3, -0.25) is 0 Å². The third kappa shape index (κ3) is 1.30. The van der Waals surface area contributed by atoms with Crippen LogP contribution in [0.4, 0.5) is 0 Å². The molecule has 0 spiro atoms. The van der Waals surface area contributed by atoms with E-state index in [-0.39, 0.29) is 0 Å². The van der Waals surface area contributed by atoms with Crippen molar-refractivity contribution in [3.05, 3.63) is 48.0 Å². The molecule has 0 amide bonds. The zero-order chi connectivity index (χ0) is 9.43. The zero-order valence-corrected chi connectivity index (χ0v) is 8.45. The molecule has 72 valence electrons. The molecule has 0 N–H and O–H groups in total. The molecule has 2 aliphatic carbocycles. The van der Waals surface area contributed by atoms with E-state index in [0.29, 0.717) is 5.41 Å². The Hall–Kier alpha value is -1.04. The van der Waals surface area contributed by atoms with Crippen LogP contribution in [0.3, 0.4) is 0 Å². The van der Waals surface area contributed by atoms with Crippen LogP contribution in [0.1, 0.15) is 24.8 Å². The molecule has 0 radical (unpaired) electrons. The topological polar surface area (TPSA) is 0 Å². The van der Waals surface area contributed by atoms with Crippen LogP contribution in [0, 0.1) is 11.3 Å². The Morgan fingerprint density at radius 2 is 2.07 bits per heavy atom. The van der Waals surface area contributed by atoms with E-state index in [1.165, 1.54) is 31.2 Å². The van der Waals surface area contributed by atoms with Crippen LogP contribution >= 0.6 is 0 Å². The molecule has 0 aromatic heterocycles. The lowest BCUT2D eigenvalue weighted by atomic mass is 9.81. The van der Waals surface area contributed by atoms with Gasteiger partial charge < -0.3 is 0 Å². The summed E-state index contributed by atoms with van der Waals surface area (Å²) in [7, 11) is 0. The van der Waals surface area contributed by atoms with Gasteiger partial charge in [0, 0.05) is 0 Å². The van der Waals surface area contributed by atoms with E-state index in [2.05, 4.69) is 42.5 Å². The fourth-order valence-corrected chi connectivity index (χ4v) is 3.08. The van der Waals surface area contributed by atoms with E-state index < -0.39 is 0 Å². The number of fused-ring (bicyclic) bond motifs is 2. The fourth-order valence-electron chi connectivity index (χ4n) is 3.08. The SMILES string of the molecule is C1=CC2(Cc3ccccc3)CCC1C2. The predicted molar refractivity (Wildman–Crippen MR) is 59.1 cm³/mol. The van der Waals surface area contributed by atoms with Crippen molar-refractivity contribution in [1.29, 1.82) is 0 Å². The Morgan fingerprint density at radius 3 is 2.64 bits per heavy atom. The largest absolute Gasteiger partial charge is 0.0848 e. The number of hydrogen-bond acceptors (Lipinski definition) is 0. The summed E-state index contributed by atoms with van der Waals surface area (Å²) in [5.74, 6) is 0.902. The van der Waals surface area contributed by atoms with Crippen molar-refractivity contribution in [3.63, 3.8) is 0 Å². The lowest BCUT2D eigenvalue weighted by Gasteiger charge is -2.23. The normalized spacial score (nSPS) is 33.9. The molecule has 0 heteroatoms. The van der Waals surface area contributed by atoms with Crippen molar-refractivity contribution in [2.24, 2.45) is 11.3 Å². The zero-order valence-electron chi connectivity index (χ0n) is 8.45. The maximum Gasteiger partial charge on any atom is -0.00720 e. The summed E-state index contributed by atoms with van der Waals surface area (Å²) in [6.07, 6.45) is 10.4. The molecule has 1 fully saturated rings. The summed E-state index contributed by atoms with van der Waals surface area (Å²) >= 11 is 0. The number of hydrogen-bond donors (Lipinski definition) is 0. The first-order valence-corrected chi connectivity index (χ1v) is 5.60. The van der Waals surface area contributed by atoms with E-state index in [1.54, 1.807) is 0 Å². The van der Waals surface area contributed by atoms with E-state index in [0.717, 1.165) is 5.92 Å². The first-order valence-electron chi connectivity index (χ1n) is 5.60. The molecule has 0 nitrogen and oxygen atoms in total. The molecular weight excluding hydrogens is 168 g/mol. The molecule has 14 heavy (non-hydrogen) atoms. The maximum absolute atomic E-state index is 2.48. The van der Waals surface area contributed by atoms with Gasteiger partial charge in [-0.25, -0.2) is 0 Å². The molecule has 1 aromatic rings. The quantitative estimate of drug-likeness (QED) is 0.616. The Kier molecular flexibility index (Phi) is 1.76. The Balaban J connectivity index is 1.82. The van der Waals surface area contributed by atoms with Gasteiger partial charge >= 0.3 is 0 Å². The summed E-state index contributed by atoms with van der Waals surface area (Å²) < 4.78 is 0. The van der Waals surface area contributed by atoms with Gasteiger partial charge in [-0.1, -0.05) is 42.5 Å². The first kappa shape index (κ1) is 8.28. The van der Waals surface area contributed by atoms with Crippen LogP contribution in [-0.4, -0.2) is 0 Å². The Morgan fingerprint density at radius 1 is 1.21 bits per heavy atom. The van der Waals surface area contributed by atoms with Crippen molar-refractivity contribution in [3.8, 4) is 0 Å². The van der Waals surface area contributed by atoms with Gasteiger partial charge in [0.25, 0.3) is 0 Å². The van der Waals surface area contributed by atoms with Gasteiger partial charge in [-0.15, -0.1) is 0 Å². The average molecular weight is 184 g/mol. The second-order valence-corrected chi connectivity index (χ2v) is 4.89. The number of allylic oxidation sites excluding steroid dienone is 2. The highest BCUT2D eigenvalue weighted by Crippen LogP contribution is 2.50. The molecule has 1 saturated carbocycles. The van der Waals surface area contributed by atoms with E-state index in [4.69, 9.17) is 0 Å². The highest BCUT2D eigenvalue weighted by molar-refractivity contribution is 5.23. The van der Waals surface area contributed by atoms with Crippen molar-refractivity contribution in [2.75, 3.05) is 0 Å². The highest BCUT2D eigenvalue weighted by atomic mass is 14.4. The first-order chi connectivity index (χ1) is 6.86. The summed E-state index contributed by atoms with van der Waals surface area (Å²) in [5.41, 5.74) is 2.03. The minimum atomic E-state index is 0.534. The molecule has 2 atom stereocenters. The Bertz CT molecular complexity index is 350. The van der Waals surface area contributed by atoms with Crippen LogP contribution in [-0.2, 0) is 6.42 Å². The van der Waals surface area contributed by atoms with E-state index >= 15 is 0 Å². The van der Waals surface area contributed by atoms with Gasteiger partial charge in [0.05, 0.1) is 0 Å². The minimum Gasteiger partial charge on any atom is -0.0848 e. The van der Waals surface area contributed by atoms with Gasteiger partial charge in [-0.05, 0) is 42.6 Å². The smallest absolute Gasteiger partial charge is 0.00720 e. The Labute approximate surface area is 85.6 Å². The number of benzene rings is 1. The summed E-state index contributed by atoms with van der Waals surface area (Å²) in [6.45, 7) is 0. The van der Waals surface area contributed by atoms with Crippen molar-refractivity contribution >= 4 is 0 Å². The lowest BCUT2D eigenvalue weighted by molar-refractivity contribution is 0.401. The van der Waals surface area contributed by atoms with Crippen LogP contribution in [0.2, 0.25) is 0 Å². The van der Waals surface area contributed by atoms with E-state index in [9.17, 15) is 0 Å². The van der Waals surface area contributed by atoms with Crippen molar-refractivity contribution < 1.29 is 0 Å².